The molecule has 0 aliphatic carbocycles. The number of methoxy groups -OCH3 is 1. The number of aromatic amines is 1. The third kappa shape index (κ3) is 3.23. The van der Waals surface area contributed by atoms with Crippen LogP contribution in [-0.2, 0) is 0 Å². The summed E-state index contributed by atoms with van der Waals surface area (Å²) in [5, 5.41) is 7.20. The smallest absolute Gasteiger partial charge is 0.272 e. The van der Waals surface area contributed by atoms with Crippen molar-refractivity contribution >= 4 is 5.91 Å². The summed E-state index contributed by atoms with van der Waals surface area (Å²) in [7, 11) is 1.64. The Hall–Kier alpha value is -2.30. The average molecular weight is 313 g/mol. The van der Waals surface area contributed by atoms with Crippen molar-refractivity contribution in [1.82, 2.24) is 15.1 Å². The van der Waals surface area contributed by atoms with Gasteiger partial charge in [0.05, 0.1) is 12.8 Å². The lowest BCUT2D eigenvalue weighted by atomic mass is 9.99. The number of nitrogens with one attached hydrogen (secondary N) is 1. The minimum absolute atomic E-state index is 0.0539. The lowest BCUT2D eigenvalue weighted by Crippen LogP contribution is -2.43. The van der Waals surface area contributed by atoms with Gasteiger partial charge in [0.2, 0.25) is 0 Å². The fraction of sp³-hybridized carbons (Fsp3) is 0.444. The van der Waals surface area contributed by atoms with Crippen molar-refractivity contribution in [3.63, 3.8) is 0 Å². The van der Waals surface area contributed by atoms with Crippen molar-refractivity contribution in [2.45, 2.75) is 38.6 Å². The van der Waals surface area contributed by atoms with Crippen LogP contribution in [-0.4, -0.2) is 40.7 Å². The van der Waals surface area contributed by atoms with Gasteiger partial charge in [0.15, 0.2) is 0 Å². The number of rotatable bonds is 4. The molecule has 5 nitrogen and oxygen atoms in total. The number of carbonyl (C=O) groups excluding carboxylic acids is 1. The molecule has 23 heavy (non-hydrogen) atoms. The van der Waals surface area contributed by atoms with Crippen LogP contribution in [0.1, 0.15) is 43.1 Å². The van der Waals surface area contributed by atoms with Crippen molar-refractivity contribution < 1.29 is 9.53 Å². The molecule has 1 saturated heterocycles. The summed E-state index contributed by atoms with van der Waals surface area (Å²) >= 11 is 0. The Bertz CT molecular complexity index is 680. The zero-order valence-corrected chi connectivity index (χ0v) is 13.7. The first-order valence-electron chi connectivity index (χ1n) is 8.23. The van der Waals surface area contributed by atoms with Gasteiger partial charge in [-0.1, -0.05) is 19.1 Å². The number of likely N-dealkylation sites (tertiary alicyclic amines) is 1. The van der Waals surface area contributed by atoms with E-state index < -0.39 is 0 Å². The highest BCUT2D eigenvalue weighted by Gasteiger charge is 2.27. The Balaban J connectivity index is 1.81. The predicted octanol–water partition coefficient (Wildman–Crippen LogP) is 3.49. The molecule has 1 amide bonds. The second-order valence-electron chi connectivity index (χ2n) is 5.96. The van der Waals surface area contributed by atoms with Crippen LogP contribution in [0.15, 0.2) is 30.3 Å². The summed E-state index contributed by atoms with van der Waals surface area (Å²) in [4.78, 5) is 14.8. The number of carbonyl (C=O) groups is 1. The molecule has 0 bridgehead atoms. The van der Waals surface area contributed by atoms with Gasteiger partial charge >= 0.3 is 0 Å². The van der Waals surface area contributed by atoms with Crippen molar-refractivity contribution in [2.24, 2.45) is 0 Å². The van der Waals surface area contributed by atoms with Gasteiger partial charge in [-0.15, -0.1) is 0 Å². The van der Waals surface area contributed by atoms with Crippen molar-refractivity contribution in [3.8, 4) is 17.0 Å². The number of hydrogen-bond acceptors (Lipinski definition) is 3. The van der Waals surface area contributed by atoms with Gasteiger partial charge in [-0.25, -0.2) is 0 Å². The molecule has 1 unspecified atom stereocenters. The van der Waals surface area contributed by atoms with Gasteiger partial charge in [-0.3, -0.25) is 9.89 Å². The van der Waals surface area contributed by atoms with E-state index in [1.54, 1.807) is 7.11 Å². The monoisotopic (exact) mass is 313 g/mol. The summed E-state index contributed by atoms with van der Waals surface area (Å²) < 4.78 is 5.24. The molecule has 1 aliphatic rings. The molecule has 5 heteroatoms. The molecule has 1 fully saturated rings. The van der Waals surface area contributed by atoms with Crippen LogP contribution in [0.5, 0.6) is 5.75 Å². The van der Waals surface area contributed by atoms with Crippen LogP contribution in [0, 0.1) is 0 Å². The highest BCUT2D eigenvalue weighted by atomic mass is 16.5. The summed E-state index contributed by atoms with van der Waals surface area (Å²) in [5.41, 5.74) is 2.26. The van der Waals surface area contributed by atoms with E-state index in [1.165, 1.54) is 6.42 Å². The SMILES string of the molecule is CCC1CCCCN1C(=O)c1cc(-c2cccc(OC)c2)n[nH]1. The number of amides is 1. The normalized spacial score (nSPS) is 18.0. The number of piperidine rings is 1. The molecule has 0 radical (unpaired) electrons. The van der Waals surface area contributed by atoms with Crippen LogP contribution in [0.2, 0.25) is 0 Å². The summed E-state index contributed by atoms with van der Waals surface area (Å²) in [6.07, 6.45) is 4.39. The molecule has 3 rings (SSSR count). The molecule has 2 heterocycles. The van der Waals surface area contributed by atoms with Gasteiger partial charge in [0.25, 0.3) is 5.91 Å². The fourth-order valence-corrected chi connectivity index (χ4v) is 3.21. The Morgan fingerprint density at radius 1 is 1.39 bits per heavy atom. The van der Waals surface area contributed by atoms with E-state index in [2.05, 4.69) is 17.1 Å². The van der Waals surface area contributed by atoms with E-state index in [1.807, 2.05) is 35.2 Å². The van der Waals surface area contributed by atoms with E-state index in [0.29, 0.717) is 11.7 Å². The molecule has 1 aliphatic heterocycles. The molecule has 1 aromatic heterocycles. The summed E-state index contributed by atoms with van der Waals surface area (Å²) in [6, 6.07) is 9.87. The maximum absolute atomic E-state index is 12.8. The number of H-pyrrole nitrogens is 1. The Labute approximate surface area is 136 Å². The number of nitrogens with zero attached hydrogens (tertiary/aromatic N) is 2. The number of benzene rings is 1. The number of hydrogen-bond donors (Lipinski definition) is 1. The lowest BCUT2D eigenvalue weighted by Gasteiger charge is -2.34. The standard InChI is InChI=1S/C18H23N3O2/c1-3-14-8-4-5-10-21(14)18(22)17-12-16(19-20-17)13-7-6-9-15(11-13)23-2/h6-7,9,11-12,14H,3-5,8,10H2,1-2H3,(H,19,20). The van der Waals surface area contributed by atoms with Crippen molar-refractivity contribution in [3.05, 3.63) is 36.0 Å². The van der Waals surface area contributed by atoms with Gasteiger partial charge in [-0.2, -0.15) is 5.10 Å². The molecule has 0 spiro atoms. The van der Waals surface area contributed by atoms with Crippen LogP contribution in [0.3, 0.4) is 0 Å². The first kappa shape index (κ1) is 15.6. The minimum atomic E-state index is 0.0539. The Morgan fingerprint density at radius 2 is 2.26 bits per heavy atom. The predicted molar refractivity (Wildman–Crippen MR) is 89.5 cm³/mol. The van der Waals surface area contributed by atoms with E-state index in [0.717, 1.165) is 42.8 Å². The molecule has 1 atom stereocenters. The minimum Gasteiger partial charge on any atom is -0.497 e. The van der Waals surface area contributed by atoms with Gasteiger partial charge in [-0.05, 0) is 43.9 Å². The van der Waals surface area contributed by atoms with Crippen LogP contribution in [0.25, 0.3) is 11.3 Å². The summed E-state index contributed by atoms with van der Waals surface area (Å²) in [6.45, 7) is 2.98. The van der Waals surface area contributed by atoms with E-state index in [4.69, 9.17) is 4.74 Å². The van der Waals surface area contributed by atoms with Crippen molar-refractivity contribution in [2.75, 3.05) is 13.7 Å². The lowest BCUT2D eigenvalue weighted by molar-refractivity contribution is 0.0602. The quantitative estimate of drug-likeness (QED) is 0.940. The van der Waals surface area contributed by atoms with Gasteiger partial charge < -0.3 is 9.64 Å². The molecular formula is C18H23N3O2. The van der Waals surface area contributed by atoms with Crippen LogP contribution >= 0.6 is 0 Å². The maximum atomic E-state index is 12.8. The van der Waals surface area contributed by atoms with E-state index in [9.17, 15) is 4.79 Å². The second kappa shape index (κ2) is 6.86. The fourth-order valence-electron chi connectivity index (χ4n) is 3.21. The Morgan fingerprint density at radius 3 is 3.04 bits per heavy atom. The van der Waals surface area contributed by atoms with Gasteiger partial charge in [0.1, 0.15) is 11.4 Å². The molecule has 1 aromatic carbocycles. The first-order valence-corrected chi connectivity index (χ1v) is 8.23. The third-order valence-corrected chi connectivity index (χ3v) is 4.53. The molecule has 122 valence electrons. The van der Waals surface area contributed by atoms with Crippen LogP contribution in [0.4, 0.5) is 0 Å². The topological polar surface area (TPSA) is 58.2 Å². The third-order valence-electron chi connectivity index (χ3n) is 4.53. The molecule has 1 N–H and O–H groups in total. The molecule has 0 saturated carbocycles. The van der Waals surface area contributed by atoms with Crippen LogP contribution < -0.4 is 4.74 Å². The largest absolute Gasteiger partial charge is 0.497 e. The highest BCUT2D eigenvalue weighted by Crippen LogP contribution is 2.25. The second-order valence-corrected chi connectivity index (χ2v) is 5.96. The summed E-state index contributed by atoms with van der Waals surface area (Å²) in [5.74, 6) is 0.832. The number of ether oxygens (including phenoxy) is 1. The van der Waals surface area contributed by atoms with E-state index >= 15 is 0 Å². The Kier molecular flexibility index (Phi) is 4.65. The maximum Gasteiger partial charge on any atom is 0.272 e. The first-order chi connectivity index (χ1) is 11.2. The zero-order chi connectivity index (χ0) is 16.2. The van der Waals surface area contributed by atoms with Crippen molar-refractivity contribution in [1.29, 1.82) is 0 Å². The average Bonchev–Trinajstić information content (AvgIpc) is 3.11. The molecular weight excluding hydrogens is 290 g/mol. The molecule has 2 aromatic rings. The van der Waals surface area contributed by atoms with E-state index in [-0.39, 0.29) is 5.91 Å². The van der Waals surface area contributed by atoms with Gasteiger partial charge in [0, 0.05) is 18.2 Å². The zero-order valence-electron chi connectivity index (χ0n) is 13.7. The number of aromatic nitrogens is 2. The highest BCUT2D eigenvalue weighted by molar-refractivity contribution is 5.93.